The van der Waals surface area contributed by atoms with E-state index in [-0.39, 0.29) is 35.8 Å². The number of carbonyl (C=O) groups is 2. The first-order valence-corrected chi connectivity index (χ1v) is 18.5. The number of para-hydroxylation sites is 2. The molecule has 10 nitrogen and oxygen atoms in total. The van der Waals surface area contributed by atoms with Crippen molar-refractivity contribution in [3.8, 4) is 11.1 Å². The minimum Gasteiger partial charge on any atom is -0.397 e. The molecule has 1 fully saturated rings. The van der Waals surface area contributed by atoms with Crippen molar-refractivity contribution in [3.05, 3.63) is 136 Å². The van der Waals surface area contributed by atoms with E-state index >= 15 is 0 Å². The molecule has 2 amide bonds. The predicted octanol–water partition coefficient (Wildman–Crippen LogP) is 8.38. The monoisotopic (exact) mass is 755 g/mol. The van der Waals surface area contributed by atoms with Gasteiger partial charge in [0.15, 0.2) is 11.4 Å². The third-order valence-electron chi connectivity index (χ3n) is 9.22. The number of benzene rings is 4. The van der Waals surface area contributed by atoms with Crippen LogP contribution in [0.15, 0.2) is 103 Å². The number of ether oxygens (including phenoxy) is 2. The summed E-state index contributed by atoms with van der Waals surface area (Å²) in [6.07, 6.45) is 4.04. The zero-order valence-electron chi connectivity index (χ0n) is 29.2. The van der Waals surface area contributed by atoms with Gasteiger partial charge in [0.05, 0.1) is 43.1 Å². The topological polar surface area (TPSA) is 141 Å². The fourth-order valence-corrected chi connectivity index (χ4v) is 6.59. The number of hydrogen-bond acceptors (Lipinski definition) is 7. The van der Waals surface area contributed by atoms with Gasteiger partial charge in [0.2, 0.25) is 11.8 Å². The average molecular weight is 757 g/mol. The van der Waals surface area contributed by atoms with Gasteiger partial charge in [-0.1, -0.05) is 108 Å². The zero-order valence-corrected chi connectivity index (χ0v) is 30.7. The number of nitrogens with two attached hydrogens (primary N) is 1. The van der Waals surface area contributed by atoms with E-state index in [9.17, 15) is 14.7 Å². The van der Waals surface area contributed by atoms with Crippen LogP contribution in [0.4, 0.5) is 11.4 Å². The Balaban J connectivity index is 1.01. The van der Waals surface area contributed by atoms with Crippen molar-refractivity contribution in [1.29, 1.82) is 0 Å². The molecule has 12 heteroatoms. The maximum absolute atomic E-state index is 12.6. The molecule has 1 saturated heterocycles. The van der Waals surface area contributed by atoms with E-state index in [1.54, 1.807) is 23.0 Å². The number of anilines is 2. The molecule has 276 valence electrons. The van der Waals surface area contributed by atoms with E-state index in [1.807, 2.05) is 78.9 Å². The van der Waals surface area contributed by atoms with Crippen LogP contribution in [0, 0.1) is 0 Å². The third-order valence-corrected chi connectivity index (χ3v) is 9.99. The van der Waals surface area contributed by atoms with Crippen LogP contribution in [0.1, 0.15) is 73.2 Å². The highest BCUT2D eigenvalue weighted by Gasteiger charge is 2.33. The molecule has 3 atom stereocenters. The Morgan fingerprint density at radius 2 is 1.57 bits per heavy atom. The third kappa shape index (κ3) is 10.5. The molecule has 1 aliphatic heterocycles. The van der Waals surface area contributed by atoms with Crippen molar-refractivity contribution >= 4 is 46.4 Å². The first kappa shape index (κ1) is 38.0. The summed E-state index contributed by atoms with van der Waals surface area (Å²) >= 11 is 12.5. The number of carbonyl (C=O) groups excluding carboxylic acids is 2. The molecule has 1 aliphatic rings. The number of amides is 2. The first-order valence-electron chi connectivity index (χ1n) is 17.7. The maximum Gasteiger partial charge on any atom is 0.224 e. The van der Waals surface area contributed by atoms with Crippen LogP contribution in [0.25, 0.3) is 11.1 Å². The van der Waals surface area contributed by atoms with Gasteiger partial charge in [-0.15, -0.1) is 0 Å². The number of rotatable bonds is 15. The summed E-state index contributed by atoms with van der Waals surface area (Å²) in [5.41, 5.74) is 12.8. The number of halogens is 2. The maximum atomic E-state index is 12.6. The van der Waals surface area contributed by atoms with Gasteiger partial charge >= 0.3 is 0 Å². The Morgan fingerprint density at radius 1 is 0.830 bits per heavy atom. The minimum atomic E-state index is -0.629. The molecule has 0 spiro atoms. The highest BCUT2D eigenvalue weighted by molar-refractivity contribution is 6.40. The molecular weight excluding hydrogens is 713 g/mol. The Labute approximate surface area is 319 Å². The number of imidazole rings is 1. The van der Waals surface area contributed by atoms with Crippen LogP contribution < -0.4 is 16.4 Å². The van der Waals surface area contributed by atoms with Gasteiger partial charge in [0.1, 0.15) is 5.15 Å². The molecule has 2 heterocycles. The Morgan fingerprint density at radius 3 is 2.28 bits per heavy atom. The van der Waals surface area contributed by atoms with Crippen molar-refractivity contribution in [2.24, 2.45) is 0 Å². The largest absolute Gasteiger partial charge is 0.397 e. The van der Waals surface area contributed by atoms with E-state index in [0.29, 0.717) is 61.7 Å². The van der Waals surface area contributed by atoms with Crippen LogP contribution in [-0.2, 0) is 38.8 Å². The number of unbranched alkanes of at least 4 members (excludes halogenated alkanes) is 2. The standard InChI is InChI=1S/C41H43Cl2N5O5/c42-39-40(43)48(26-46-39)24-33-22-36(30-15-13-27(25-49)14-16-30)53-41(52-33)31-19-17-29(18-20-31)32-8-6-7-28(21-32)23-45-37(50)11-2-1-3-12-38(51)47-35-10-5-4-9-34(35)44/h4-10,13-21,26,33,36,41,49H,1-3,11-12,22-25,44H2,(H,45,50)(H,47,51)/t33-,36+,41+/m0/s1. The number of nitrogens with zero attached hydrogens (tertiary/aromatic N) is 2. The quantitative estimate of drug-likeness (QED) is 0.0622. The normalized spacial score (nSPS) is 17.0. The summed E-state index contributed by atoms with van der Waals surface area (Å²) in [4.78, 5) is 28.9. The Kier molecular flexibility index (Phi) is 13.2. The Bertz CT molecular complexity index is 1990. The molecule has 5 N–H and O–H groups in total. The van der Waals surface area contributed by atoms with Crippen LogP contribution in [-0.4, -0.2) is 32.6 Å². The summed E-state index contributed by atoms with van der Waals surface area (Å²) < 4.78 is 14.7. The predicted molar refractivity (Wildman–Crippen MR) is 207 cm³/mol. The van der Waals surface area contributed by atoms with E-state index in [2.05, 4.69) is 21.7 Å². The van der Waals surface area contributed by atoms with E-state index in [4.69, 9.17) is 38.4 Å². The van der Waals surface area contributed by atoms with Crippen molar-refractivity contribution in [1.82, 2.24) is 14.9 Å². The van der Waals surface area contributed by atoms with E-state index in [1.165, 1.54) is 0 Å². The molecule has 53 heavy (non-hydrogen) atoms. The molecule has 5 aromatic rings. The lowest BCUT2D eigenvalue weighted by atomic mass is 9.99. The summed E-state index contributed by atoms with van der Waals surface area (Å²) in [7, 11) is 0. The van der Waals surface area contributed by atoms with Crippen molar-refractivity contribution in [2.75, 3.05) is 11.1 Å². The molecule has 0 saturated carbocycles. The lowest BCUT2D eigenvalue weighted by Gasteiger charge is -2.36. The second-order valence-electron chi connectivity index (χ2n) is 13.1. The lowest BCUT2D eigenvalue weighted by molar-refractivity contribution is -0.252. The van der Waals surface area contributed by atoms with Crippen molar-refractivity contribution in [3.63, 3.8) is 0 Å². The van der Waals surface area contributed by atoms with Crippen LogP contribution >= 0.6 is 23.2 Å². The van der Waals surface area contributed by atoms with Crippen molar-refractivity contribution in [2.45, 2.75) is 76.7 Å². The van der Waals surface area contributed by atoms with Gasteiger partial charge in [-0.3, -0.25) is 9.59 Å². The summed E-state index contributed by atoms with van der Waals surface area (Å²) in [6.45, 7) is 0.847. The molecule has 0 unspecified atom stereocenters. The zero-order chi connectivity index (χ0) is 37.2. The average Bonchev–Trinajstić information content (AvgIpc) is 3.50. The summed E-state index contributed by atoms with van der Waals surface area (Å²) in [6, 6.07) is 31.1. The second kappa shape index (κ2) is 18.4. The van der Waals surface area contributed by atoms with Crippen molar-refractivity contribution < 1.29 is 24.2 Å². The van der Waals surface area contributed by atoms with Gasteiger partial charge in [-0.25, -0.2) is 4.98 Å². The number of nitrogens with one attached hydrogen (secondary N) is 2. The van der Waals surface area contributed by atoms with Crippen LogP contribution in [0.3, 0.4) is 0 Å². The van der Waals surface area contributed by atoms with Gasteiger partial charge in [-0.2, -0.15) is 0 Å². The van der Waals surface area contributed by atoms with E-state index < -0.39 is 6.29 Å². The molecule has 0 aliphatic carbocycles. The molecule has 0 bridgehead atoms. The van der Waals surface area contributed by atoms with Gasteiger partial charge in [0.25, 0.3) is 0 Å². The first-order chi connectivity index (χ1) is 25.7. The van der Waals surface area contributed by atoms with Gasteiger partial charge < -0.3 is 35.5 Å². The summed E-state index contributed by atoms with van der Waals surface area (Å²) in [5, 5.41) is 16.0. The molecule has 4 aromatic carbocycles. The smallest absolute Gasteiger partial charge is 0.224 e. The number of aliphatic hydroxyl groups is 1. The molecule has 0 radical (unpaired) electrons. The minimum absolute atomic E-state index is 0.0203. The second-order valence-corrected chi connectivity index (χ2v) is 13.8. The highest BCUT2D eigenvalue weighted by Crippen LogP contribution is 2.39. The number of hydrogen-bond donors (Lipinski definition) is 4. The van der Waals surface area contributed by atoms with Crippen LogP contribution in [0.2, 0.25) is 10.3 Å². The summed E-state index contributed by atoms with van der Waals surface area (Å²) in [5.74, 6) is -0.104. The SMILES string of the molecule is Nc1ccccc1NC(=O)CCCCCC(=O)NCc1cccc(-c2ccc([C@@H]3O[C@H](Cn4cnc(Cl)c4Cl)C[C@H](c4ccc(CO)cc4)O3)cc2)c1. The molecule has 6 rings (SSSR count). The van der Waals surface area contributed by atoms with Crippen LogP contribution in [0.5, 0.6) is 0 Å². The molecular formula is C41H43Cl2N5O5. The Hall–Kier alpha value is -4.71. The number of nitrogen functional groups attached to an aromatic ring is 1. The highest BCUT2D eigenvalue weighted by atomic mass is 35.5. The fourth-order valence-electron chi connectivity index (χ4n) is 6.28. The fraction of sp³-hybridized carbons (Fsp3) is 0.293. The van der Waals surface area contributed by atoms with Gasteiger partial charge in [-0.05, 0) is 58.9 Å². The van der Waals surface area contributed by atoms with E-state index in [0.717, 1.165) is 39.8 Å². The number of aromatic nitrogens is 2. The lowest BCUT2D eigenvalue weighted by Crippen LogP contribution is -2.32. The van der Waals surface area contributed by atoms with Gasteiger partial charge in [0, 0.05) is 31.4 Å². The molecule has 1 aromatic heterocycles. The number of aliphatic hydroxyl groups excluding tert-OH is 1.